The van der Waals surface area contributed by atoms with E-state index >= 15 is 0 Å². The first-order valence-electron chi connectivity index (χ1n) is 5.61. The maximum absolute atomic E-state index is 11.6. The molecule has 0 fully saturated rings. The fourth-order valence-electron chi connectivity index (χ4n) is 1.35. The van der Waals surface area contributed by atoms with E-state index < -0.39 is 10.1 Å². The van der Waals surface area contributed by atoms with Crippen LogP contribution in [0, 0.1) is 0 Å². The maximum atomic E-state index is 11.6. The van der Waals surface area contributed by atoms with Gasteiger partial charge in [0.15, 0.2) is 0 Å². The van der Waals surface area contributed by atoms with Crippen molar-refractivity contribution in [3.8, 4) is 0 Å². The van der Waals surface area contributed by atoms with Gasteiger partial charge in [0, 0.05) is 29.6 Å². The van der Waals surface area contributed by atoms with Crippen molar-refractivity contribution in [2.45, 2.75) is 37.5 Å². The van der Waals surface area contributed by atoms with Gasteiger partial charge in [-0.2, -0.15) is 8.42 Å². The molecule has 0 saturated heterocycles. The second-order valence-electron chi connectivity index (χ2n) is 3.65. The van der Waals surface area contributed by atoms with Crippen LogP contribution in [0.4, 0.5) is 0 Å². The monoisotopic (exact) mass is 265 g/mol. The van der Waals surface area contributed by atoms with Gasteiger partial charge < -0.3 is 0 Å². The van der Waals surface area contributed by atoms with E-state index in [2.05, 4.69) is 6.92 Å². The van der Waals surface area contributed by atoms with Crippen LogP contribution in [-0.4, -0.2) is 44.6 Å². The van der Waals surface area contributed by atoms with E-state index in [0.717, 1.165) is 25.7 Å². The van der Waals surface area contributed by atoms with E-state index in [0.29, 0.717) is 0 Å². The van der Waals surface area contributed by atoms with Gasteiger partial charge in [-0.05, 0) is 18.6 Å². The van der Waals surface area contributed by atoms with Crippen molar-refractivity contribution < 1.29 is 12.6 Å². The molecule has 0 N–H and O–H groups in total. The third kappa shape index (κ3) is 6.58. The van der Waals surface area contributed by atoms with Crippen molar-refractivity contribution >= 4 is 39.7 Å². The van der Waals surface area contributed by atoms with Crippen LogP contribution >= 0.6 is 0 Å². The number of hydrogen-bond donors (Lipinski definition) is 0. The Hall–Kier alpha value is 0.130. The van der Waals surface area contributed by atoms with Crippen molar-refractivity contribution in [2.24, 2.45) is 0 Å². The molecule has 0 atom stereocenters. The van der Waals surface area contributed by atoms with Crippen LogP contribution in [0.5, 0.6) is 0 Å². The molecule has 1 aromatic carbocycles. The van der Waals surface area contributed by atoms with Crippen molar-refractivity contribution in [1.29, 1.82) is 0 Å². The Kier molecular flexibility index (Phi) is 9.18. The van der Waals surface area contributed by atoms with Crippen LogP contribution in [0.2, 0.25) is 0 Å². The van der Waals surface area contributed by atoms with Crippen molar-refractivity contribution in [1.82, 2.24) is 0 Å². The predicted molar refractivity (Wildman–Crippen MR) is 69.5 cm³/mol. The molecule has 91 valence electrons. The first-order chi connectivity index (χ1) is 7.67. The quantitative estimate of drug-likeness (QED) is 0.432. The summed E-state index contributed by atoms with van der Waals surface area (Å²) < 4.78 is 28.2. The van der Waals surface area contributed by atoms with E-state index in [4.69, 9.17) is 4.18 Å². The Labute approximate surface area is 126 Å². The number of unbranched alkanes of at least 4 members (excludes halogenated alkanes) is 3. The summed E-state index contributed by atoms with van der Waals surface area (Å²) in [5.74, 6) is 0. The minimum atomic E-state index is -3.55. The first kappa shape index (κ1) is 17.1. The minimum absolute atomic E-state index is 0. The van der Waals surface area contributed by atoms with Gasteiger partial charge in [-0.1, -0.05) is 44.4 Å². The van der Waals surface area contributed by atoms with Crippen molar-refractivity contribution in [3.05, 3.63) is 30.3 Å². The molecule has 1 radical (unpaired) electrons. The van der Waals surface area contributed by atoms with Crippen LogP contribution in [-0.2, 0) is 14.3 Å². The molecule has 0 amide bonds. The van der Waals surface area contributed by atoms with Gasteiger partial charge >= 0.3 is 0 Å². The van der Waals surface area contributed by atoms with Gasteiger partial charge in [0.2, 0.25) is 0 Å². The van der Waals surface area contributed by atoms with Gasteiger partial charge in [0.05, 0.1) is 11.5 Å². The SMILES string of the molecule is CCCCCCOS(=O)(=O)c1ccccc1.[Na]. The van der Waals surface area contributed by atoms with E-state index in [1.54, 1.807) is 30.3 Å². The molecule has 0 bridgehead atoms. The smallest absolute Gasteiger partial charge is 0.266 e. The third-order valence-electron chi connectivity index (χ3n) is 2.27. The molecule has 0 aliphatic rings. The summed E-state index contributed by atoms with van der Waals surface area (Å²) in [6, 6.07) is 8.24. The molecule has 0 heterocycles. The fraction of sp³-hybridized carbons (Fsp3) is 0.500. The second kappa shape index (κ2) is 9.11. The van der Waals surface area contributed by atoms with Crippen molar-refractivity contribution in [3.63, 3.8) is 0 Å². The minimum Gasteiger partial charge on any atom is -0.266 e. The number of hydrogen-bond acceptors (Lipinski definition) is 3. The van der Waals surface area contributed by atoms with Crippen molar-refractivity contribution in [2.75, 3.05) is 6.61 Å². The van der Waals surface area contributed by atoms with Crippen LogP contribution in [0.15, 0.2) is 35.2 Å². The molecule has 0 unspecified atom stereocenters. The van der Waals surface area contributed by atoms with Gasteiger partial charge in [0.25, 0.3) is 10.1 Å². The molecule has 0 aliphatic heterocycles. The van der Waals surface area contributed by atoms with Crippen LogP contribution in [0.25, 0.3) is 0 Å². The largest absolute Gasteiger partial charge is 0.296 e. The predicted octanol–water partition coefficient (Wildman–Crippen LogP) is 2.59. The third-order valence-corrected chi connectivity index (χ3v) is 3.59. The molecule has 0 aliphatic carbocycles. The van der Waals surface area contributed by atoms with E-state index in [9.17, 15) is 8.42 Å². The van der Waals surface area contributed by atoms with E-state index in [-0.39, 0.29) is 41.1 Å². The Morgan fingerprint density at radius 2 is 1.71 bits per heavy atom. The zero-order valence-electron chi connectivity index (χ0n) is 10.6. The Balaban J connectivity index is 0.00000256. The number of benzene rings is 1. The summed E-state index contributed by atoms with van der Waals surface area (Å²) >= 11 is 0. The Morgan fingerprint density at radius 3 is 2.29 bits per heavy atom. The Bertz CT molecular complexity index is 389. The van der Waals surface area contributed by atoms with Crippen LogP contribution in [0.1, 0.15) is 32.6 Å². The van der Waals surface area contributed by atoms with Gasteiger partial charge in [0.1, 0.15) is 0 Å². The summed E-state index contributed by atoms with van der Waals surface area (Å²) in [6.45, 7) is 2.39. The summed E-state index contributed by atoms with van der Waals surface area (Å²) in [5.41, 5.74) is 0. The average Bonchev–Trinajstić information content (AvgIpc) is 2.30. The average molecular weight is 265 g/mol. The normalized spacial score (nSPS) is 10.9. The second-order valence-corrected chi connectivity index (χ2v) is 5.27. The molecular formula is C12H18NaO3S. The van der Waals surface area contributed by atoms with Crippen LogP contribution in [0.3, 0.4) is 0 Å². The molecule has 1 aromatic rings. The Morgan fingerprint density at radius 1 is 1.06 bits per heavy atom. The summed E-state index contributed by atoms with van der Waals surface area (Å²) in [7, 11) is -3.55. The molecule has 1 rings (SSSR count). The van der Waals surface area contributed by atoms with Crippen LogP contribution < -0.4 is 0 Å². The van der Waals surface area contributed by atoms with Gasteiger partial charge in [-0.25, -0.2) is 0 Å². The van der Waals surface area contributed by atoms with Gasteiger partial charge in [-0.15, -0.1) is 0 Å². The molecule has 0 aromatic heterocycles. The zero-order chi connectivity index (χ0) is 11.9. The molecule has 0 saturated carbocycles. The zero-order valence-corrected chi connectivity index (χ0v) is 13.4. The van der Waals surface area contributed by atoms with E-state index in [1.807, 2.05) is 0 Å². The molecular weight excluding hydrogens is 247 g/mol. The maximum Gasteiger partial charge on any atom is 0.296 e. The summed E-state index contributed by atoms with van der Waals surface area (Å²) in [6.07, 6.45) is 4.06. The summed E-state index contributed by atoms with van der Waals surface area (Å²) in [5, 5.41) is 0. The molecule has 0 spiro atoms. The van der Waals surface area contributed by atoms with E-state index in [1.165, 1.54) is 0 Å². The summed E-state index contributed by atoms with van der Waals surface area (Å²) in [4.78, 5) is 0.227. The molecule has 17 heavy (non-hydrogen) atoms. The first-order valence-corrected chi connectivity index (χ1v) is 7.02. The standard InChI is InChI=1S/C12H18O3S.Na/c1-2-3-4-8-11-15-16(13,14)12-9-6-5-7-10-12;/h5-7,9-10H,2-4,8,11H2,1H3;. The van der Waals surface area contributed by atoms with Gasteiger partial charge in [-0.3, -0.25) is 4.18 Å². The fourth-order valence-corrected chi connectivity index (χ4v) is 2.32. The topological polar surface area (TPSA) is 43.4 Å². The molecule has 3 nitrogen and oxygen atoms in total. The molecule has 5 heteroatoms. The number of rotatable bonds is 7.